The van der Waals surface area contributed by atoms with Crippen LogP contribution in [0.2, 0.25) is 0 Å². The molecule has 5 N–H and O–H groups in total. The van der Waals surface area contributed by atoms with Gasteiger partial charge in [0.15, 0.2) is 0 Å². The number of nitrogens with zero attached hydrogens (tertiary/aromatic N) is 4. The van der Waals surface area contributed by atoms with Crippen molar-refractivity contribution in [1.82, 2.24) is 20.3 Å². The maximum atomic E-state index is 11.7. The molecule has 10 nitrogen and oxygen atoms in total. The minimum absolute atomic E-state index is 0.249. The van der Waals surface area contributed by atoms with E-state index >= 15 is 0 Å². The molecule has 1 aromatic carbocycles. The molecule has 1 saturated heterocycles. The summed E-state index contributed by atoms with van der Waals surface area (Å²) in [7, 11) is 1.56. The van der Waals surface area contributed by atoms with Crippen molar-refractivity contribution in [3.63, 3.8) is 0 Å². The molecule has 0 aliphatic carbocycles. The van der Waals surface area contributed by atoms with E-state index in [2.05, 4.69) is 25.5 Å². The van der Waals surface area contributed by atoms with E-state index in [1.807, 2.05) is 18.2 Å². The summed E-state index contributed by atoms with van der Waals surface area (Å²) in [4.78, 5) is 27.4. The van der Waals surface area contributed by atoms with Crippen molar-refractivity contribution in [1.29, 1.82) is 5.41 Å². The molecule has 0 radical (unpaired) electrons. The number of carbonyl (C=O) groups is 1. The molecule has 32 heavy (non-hydrogen) atoms. The van der Waals surface area contributed by atoms with Gasteiger partial charge in [-0.15, -0.1) is 0 Å². The lowest BCUT2D eigenvalue weighted by atomic mass is 10.1. The fourth-order valence-electron chi connectivity index (χ4n) is 3.29. The van der Waals surface area contributed by atoms with Crippen LogP contribution in [-0.2, 0) is 4.74 Å². The van der Waals surface area contributed by atoms with Gasteiger partial charge >= 0.3 is 0 Å². The first kappa shape index (κ1) is 21.2. The number of ether oxygens (including phenoxy) is 1. The molecule has 164 valence electrons. The van der Waals surface area contributed by atoms with Crippen molar-refractivity contribution in [2.75, 3.05) is 49.3 Å². The fourth-order valence-corrected chi connectivity index (χ4v) is 3.29. The summed E-state index contributed by atoms with van der Waals surface area (Å²) in [6.07, 6.45) is 2.80. The molecule has 0 spiro atoms. The number of hydrogen-bond donors (Lipinski definition) is 4. The molecule has 4 rings (SSSR count). The summed E-state index contributed by atoms with van der Waals surface area (Å²) in [5.41, 5.74) is 9.64. The van der Waals surface area contributed by atoms with Crippen LogP contribution < -0.4 is 21.3 Å². The van der Waals surface area contributed by atoms with Crippen LogP contribution in [0.4, 0.5) is 23.1 Å². The number of aromatic nitrogens is 3. The average molecular weight is 432 g/mol. The van der Waals surface area contributed by atoms with Crippen molar-refractivity contribution in [2.45, 2.75) is 0 Å². The third kappa shape index (κ3) is 4.65. The number of morpholine rings is 1. The molecule has 0 unspecified atom stereocenters. The Morgan fingerprint density at radius 1 is 1.19 bits per heavy atom. The first-order valence-corrected chi connectivity index (χ1v) is 10.1. The minimum Gasteiger partial charge on any atom is -0.398 e. The van der Waals surface area contributed by atoms with E-state index in [1.165, 1.54) is 6.21 Å². The Morgan fingerprint density at radius 2 is 2.00 bits per heavy atom. The minimum atomic E-state index is -0.249. The van der Waals surface area contributed by atoms with E-state index in [4.69, 9.17) is 20.9 Å². The Hall–Kier alpha value is -4.05. The second kappa shape index (κ2) is 9.40. The number of nitrogen functional groups attached to an aromatic ring is 1. The van der Waals surface area contributed by atoms with Gasteiger partial charge in [-0.3, -0.25) is 4.79 Å². The molecule has 0 atom stereocenters. The van der Waals surface area contributed by atoms with Gasteiger partial charge in [0.25, 0.3) is 5.91 Å². The summed E-state index contributed by atoms with van der Waals surface area (Å²) < 4.78 is 5.45. The van der Waals surface area contributed by atoms with Crippen molar-refractivity contribution >= 4 is 35.3 Å². The number of anilines is 4. The summed E-state index contributed by atoms with van der Waals surface area (Å²) >= 11 is 0. The highest BCUT2D eigenvalue weighted by Crippen LogP contribution is 2.27. The van der Waals surface area contributed by atoms with Gasteiger partial charge in [0.2, 0.25) is 5.95 Å². The second-order valence-corrected chi connectivity index (χ2v) is 7.16. The van der Waals surface area contributed by atoms with Gasteiger partial charge in [-0.1, -0.05) is 6.07 Å². The van der Waals surface area contributed by atoms with Crippen molar-refractivity contribution < 1.29 is 9.53 Å². The van der Waals surface area contributed by atoms with Crippen LogP contribution in [0.25, 0.3) is 11.3 Å². The Balaban J connectivity index is 1.70. The number of nitrogens with two attached hydrogens (primary N) is 1. The van der Waals surface area contributed by atoms with E-state index in [0.717, 1.165) is 5.56 Å². The van der Waals surface area contributed by atoms with E-state index in [0.29, 0.717) is 66.4 Å². The maximum absolute atomic E-state index is 11.7. The van der Waals surface area contributed by atoms with Crippen molar-refractivity contribution in [3.8, 4) is 11.3 Å². The highest BCUT2D eigenvalue weighted by Gasteiger charge is 2.17. The summed E-state index contributed by atoms with van der Waals surface area (Å²) in [5, 5.41) is 13.4. The molecule has 10 heteroatoms. The predicted octanol–water partition coefficient (Wildman–Crippen LogP) is 2.06. The number of carbonyl (C=O) groups excluding carboxylic acids is 1. The van der Waals surface area contributed by atoms with Crippen LogP contribution in [0.1, 0.15) is 16.1 Å². The molecule has 1 aliphatic rings. The maximum Gasteiger partial charge on any atom is 0.269 e. The van der Waals surface area contributed by atoms with Crippen LogP contribution in [0.5, 0.6) is 0 Å². The molecule has 0 bridgehead atoms. The lowest BCUT2D eigenvalue weighted by Gasteiger charge is -2.27. The standard InChI is InChI=1S/C22H24N8O2/c1-25-21(31)18-5-3-16(13-26-18)27-20-11-19(14-2-4-17(24)15(10-14)12-23)28-22(29-20)30-6-8-32-9-7-30/h2-5,10-13,23H,6-9,24H2,1H3,(H,25,31)(H,27,28,29). The lowest BCUT2D eigenvalue weighted by Crippen LogP contribution is -2.37. The largest absolute Gasteiger partial charge is 0.398 e. The van der Waals surface area contributed by atoms with Gasteiger partial charge < -0.3 is 31.4 Å². The molecule has 3 heterocycles. The first-order chi connectivity index (χ1) is 15.6. The van der Waals surface area contributed by atoms with Gasteiger partial charge in [0.05, 0.1) is 30.8 Å². The van der Waals surface area contributed by atoms with Crippen LogP contribution in [0, 0.1) is 5.41 Å². The fraction of sp³-hybridized carbons (Fsp3) is 0.227. The first-order valence-electron chi connectivity index (χ1n) is 10.1. The van der Waals surface area contributed by atoms with Gasteiger partial charge in [0, 0.05) is 49.2 Å². The number of rotatable bonds is 6. The molecular formula is C22H24N8O2. The predicted molar refractivity (Wildman–Crippen MR) is 124 cm³/mol. The Bertz CT molecular complexity index is 1130. The smallest absolute Gasteiger partial charge is 0.269 e. The van der Waals surface area contributed by atoms with Crippen molar-refractivity contribution in [3.05, 3.63) is 53.9 Å². The molecule has 1 aliphatic heterocycles. The number of pyridine rings is 1. The number of benzene rings is 1. The van der Waals surface area contributed by atoms with Crippen molar-refractivity contribution in [2.24, 2.45) is 0 Å². The average Bonchev–Trinajstić information content (AvgIpc) is 2.84. The highest BCUT2D eigenvalue weighted by molar-refractivity contribution is 5.92. The monoisotopic (exact) mass is 432 g/mol. The lowest BCUT2D eigenvalue weighted by molar-refractivity contribution is 0.0958. The summed E-state index contributed by atoms with van der Waals surface area (Å²) in [6, 6.07) is 10.7. The normalized spacial score (nSPS) is 13.5. The molecule has 1 fully saturated rings. The molecular weight excluding hydrogens is 408 g/mol. The summed E-state index contributed by atoms with van der Waals surface area (Å²) in [6.45, 7) is 2.61. The van der Waals surface area contributed by atoms with Gasteiger partial charge in [-0.05, 0) is 24.3 Å². The van der Waals surface area contributed by atoms with Crippen LogP contribution >= 0.6 is 0 Å². The molecule has 0 saturated carbocycles. The highest BCUT2D eigenvalue weighted by atomic mass is 16.5. The number of nitrogens with one attached hydrogen (secondary N) is 3. The molecule has 1 amide bonds. The SMILES string of the molecule is CNC(=O)c1ccc(Nc2cc(-c3ccc(N)c(C=N)c3)nc(N3CCOCC3)n2)cn1. The number of amides is 1. The van der Waals surface area contributed by atoms with Gasteiger partial charge in [-0.25, -0.2) is 9.97 Å². The van der Waals surface area contributed by atoms with E-state index in [1.54, 1.807) is 31.4 Å². The Morgan fingerprint density at radius 3 is 2.69 bits per heavy atom. The zero-order valence-corrected chi connectivity index (χ0v) is 17.6. The third-order valence-electron chi connectivity index (χ3n) is 5.04. The van der Waals surface area contributed by atoms with Gasteiger partial charge in [-0.2, -0.15) is 4.98 Å². The second-order valence-electron chi connectivity index (χ2n) is 7.16. The topological polar surface area (TPSA) is 142 Å². The summed E-state index contributed by atoms with van der Waals surface area (Å²) in [5.74, 6) is 0.913. The zero-order chi connectivity index (χ0) is 22.5. The van der Waals surface area contributed by atoms with Gasteiger partial charge in [0.1, 0.15) is 11.5 Å². The van der Waals surface area contributed by atoms with Crippen LogP contribution in [-0.4, -0.2) is 60.4 Å². The van der Waals surface area contributed by atoms with E-state index in [-0.39, 0.29) is 5.91 Å². The van der Waals surface area contributed by atoms with Crippen LogP contribution in [0.15, 0.2) is 42.6 Å². The third-order valence-corrected chi connectivity index (χ3v) is 5.04. The quantitative estimate of drug-likeness (QED) is 0.342. The van der Waals surface area contributed by atoms with E-state index in [9.17, 15) is 4.79 Å². The number of hydrogen-bond acceptors (Lipinski definition) is 9. The molecule has 2 aromatic heterocycles. The zero-order valence-electron chi connectivity index (χ0n) is 17.6. The Labute approximate surface area is 185 Å². The Kier molecular flexibility index (Phi) is 6.22. The van der Waals surface area contributed by atoms with E-state index < -0.39 is 0 Å². The van der Waals surface area contributed by atoms with Crippen LogP contribution in [0.3, 0.4) is 0 Å². The molecule has 3 aromatic rings.